The highest BCUT2D eigenvalue weighted by Gasteiger charge is 2.50. The monoisotopic (exact) mass is 331 g/mol. The van der Waals surface area contributed by atoms with Crippen LogP contribution >= 0.6 is 23.7 Å². The fourth-order valence-corrected chi connectivity index (χ4v) is 4.99. The van der Waals surface area contributed by atoms with Crippen LogP contribution < -0.4 is 0 Å². The molecule has 0 aliphatic carbocycles. The lowest BCUT2D eigenvalue weighted by Gasteiger charge is -2.43. The molecule has 1 N–H and O–H groups in total. The molecule has 0 saturated carbocycles. The average Bonchev–Trinajstić information content (AvgIpc) is 3.07. The van der Waals surface area contributed by atoms with Crippen LogP contribution in [0.2, 0.25) is 0 Å². The number of piperidine rings is 1. The van der Waals surface area contributed by atoms with Crippen molar-refractivity contribution in [2.45, 2.75) is 37.3 Å². The maximum Gasteiger partial charge on any atom is 0.309 e. The van der Waals surface area contributed by atoms with Gasteiger partial charge in [-0.25, -0.2) is 0 Å². The summed E-state index contributed by atoms with van der Waals surface area (Å²) in [6.45, 7) is 0.901. The molecule has 21 heavy (non-hydrogen) atoms. The topological polar surface area (TPSA) is 49.8 Å². The van der Waals surface area contributed by atoms with Crippen LogP contribution in [0.15, 0.2) is 17.5 Å². The van der Waals surface area contributed by atoms with Crippen molar-refractivity contribution in [2.24, 2.45) is 5.92 Å². The van der Waals surface area contributed by atoms with Gasteiger partial charge in [0, 0.05) is 29.4 Å². The fourth-order valence-electron chi connectivity index (χ4n) is 4.04. The molecule has 1 aromatic rings. The molecule has 2 aliphatic heterocycles. The molecule has 4 atom stereocenters. The summed E-state index contributed by atoms with van der Waals surface area (Å²) in [6.07, 6.45) is 3.09. The van der Waals surface area contributed by atoms with Crippen LogP contribution in [0.3, 0.4) is 0 Å². The summed E-state index contributed by atoms with van der Waals surface area (Å²) in [6, 6.07) is 4.96. The third-order valence-electron chi connectivity index (χ3n) is 4.80. The molecular formula is C15H22ClNO3S. The minimum atomic E-state index is -0.0797. The molecule has 0 amide bonds. The first-order valence-corrected chi connectivity index (χ1v) is 8.12. The first kappa shape index (κ1) is 16.7. The third-order valence-corrected chi connectivity index (χ3v) is 5.77. The molecule has 6 heteroatoms. The van der Waals surface area contributed by atoms with Crippen LogP contribution in [-0.4, -0.2) is 48.3 Å². The second-order valence-electron chi connectivity index (χ2n) is 5.67. The maximum absolute atomic E-state index is 12.2. The number of thiophene rings is 1. The molecule has 3 heterocycles. The minimum Gasteiger partial charge on any atom is -0.469 e. The Balaban J connectivity index is 0.00000161. The number of hydrogen-bond donors (Lipinski definition) is 1. The van der Waals surface area contributed by atoms with Gasteiger partial charge in [0.2, 0.25) is 0 Å². The molecule has 2 bridgehead atoms. The van der Waals surface area contributed by atoms with Crippen LogP contribution in [-0.2, 0) is 9.53 Å². The van der Waals surface area contributed by atoms with Crippen molar-refractivity contribution in [3.63, 3.8) is 0 Å². The van der Waals surface area contributed by atoms with Crippen LogP contribution in [0.4, 0.5) is 0 Å². The lowest BCUT2D eigenvalue weighted by Crippen LogP contribution is -2.50. The molecule has 3 rings (SSSR count). The molecule has 2 fully saturated rings. The smallest absolute Gasteiger partial charge is 0.309 e. The molecule has 4 nitrogen and oxygen atoms in total. The van der Waals surface area contributed by atoms with Crippen LogP contribution in [0.25, 0.3) is 0 Å². The van der Waals surface area contributed by atoms with Crippen molar-refractivity contribution in [3.05, 3.63) is 22.4 Å². The van der Waals surface area contributed by atoms with Crippen LogP contribution in [0, 0.1) is 5.92 Å². The van der Waals surface area contributed by atoms with E-state index in [0.717, 1.165) is 19.3 Å². The second-order valence-corrected chi connectivity index (χ2v) is 6.65. The van der Waals surface area contributed by atoms with Gasteiger partial charge in [-0.3, -0.25) is 9.69 Å². The van der Waals surface area contributed by atoms with E-state index in [4.69, 9.17) is 4.74 Å². The zero-order valence-corrected chi connectivity index (χ0v) is 13.7. The van der Waals surface area contributed by atoms with E-state index in [0.29, 0.717) is 18.6 Å². The van der Waals surface area contributed by atoms with E-state index in [1.807, 2.05) is 6.07 Å². The molecular weight excluding hydrogens is 310 g/mol. The van der Waals surface area contributed by atoms with Gasteiger partial charge in [0.15, 0.2) is 0 Å². The summed E-state index contributed by atoms with van der Waals surface area (Å²) in [7, 11) is 1.48. The van der Waals surface area contributed by atoms with Crippen LogP contribution in [0.1, 0.15) is 30.1 Å². The van der Waals surface area contributed by atoms with Gasteiger partial charge >= 0.3 is 5.97 Å². The Morgan fingerprint density at radius 2 is 2.33 bits per heavy atom. The number of rotatable bonds is 4. The maximum atomic E-state index is 12.2. The number of carbonyl (C=O) groups is 1. The number of nitrogens with zero attached hydrogens (tertiary/aromatic N) is 1. The van der Waals surface area contributed by atoms with Crippen molar-refractivity contribution in [1.29, 1.82) is 0 Å². The van der Waals surface area contributed by atoms with E-state index in [1.165, 1.54) is 12.0 Å². The largest absolute Gasteiger partial charge is 0.469 e. The predicted octanol–water partition coefficient (Wildman–Crippen LogP) is 2.27. The lowest BCUT2D eigenvalue weighted by molar-refractivity contribution is -0.149. The van der Waals surface area contributed by atoms with Crippen molar-refractivity contribution in [2.75, 3.05) is 20.3 Å². The molecule has 2 aliphatic rings. The summed E-state index contributed by atoms with van der Waals surface area (Å²) in [5, 5.41) is 11.4. The Bertz CT molecular complexity index is 467. The van der Waals surface area contributed by atoms with Crippen molar-refractivity contribution in [3.8, 4) is 0 Å². The Labute approximate surface area is 135 Å². The highest BCUT2D eigenvalue weighted by molar-refractivity contribution is 7.10. The summed E-state index contributed by atoms with van der Waals surface area (Å²) in [4.78, 5) is 15.8. The Morgan fingerprint density at radius 3 is 2.95 bits per heavy atom. The number of halogens is 1. The number of fused-ring (bicyclic) bond motifs is 2. The van der Waals surface area contributed by atoms with Crippen LogP contribution in [0.5, 0.6) is 0 Å². The van der Waals surface area contributed by atoms with E-state index in [-0.39, 0.29) is 36.8 Å². The quantitative estimate of drug-likeness (QED) is 0.860. The van der Waals surface area contributed by atoms with E-state index >= 15 is 0 Å². The zero-order chi connectivity index (χ0) is 14.1. The van der Waals surface area contributed by atoms with E-state index in [1.54, 1.807) is 11.3 Å². The van der Waals surface area contributed by atoms with Gasteiger partial charge in [0.25, 0.3) is 0 Å². The summed E-state index contributed by atoms with van der Waals surface area (Å²) < 4.78 is 5.04. The summed E-state index contributed by atoms with van der Waals surface area (Å²) in [5.74, 6) is 0.0998. The second kappa shape index (κ2) is 7.09. The summed E-state index contributed by atoms with van der Waals surface area (Å²) >= 11 is 1.72. The predicted molar refractivity (Wildman–Crippen MR) is 85.0 cm³/mol. The van der Waals surface area contributed by atoms with Gasteiger partial charge in [-0.2, -0.15) is 0 Å². The SMILES string of the molecule is COC(=O)[C@H]1C[C@H]2CC[C@H]([C@H]1c1cccs1)N2CCO.Cl. The highest BCUT2D eigenvalue weighted by Crippen LogP contribution is 2.48. The van der Waals surface area contributed by atoms with Gasteiger partial charge in [0.05, 0.1) is 19.6 Å². The highest BCUT2D eigenvalue weighted by atomic mass is 35.5. The van der Waals surface area contributed by atoms with Gasteiger partial charge in [-0.05, 0) is 30.7 Å². The molecule has 118 valence electrons. The molecule has 0 spiro atoms. The number of esters is 1. The molecule has 0 aromatic carbocycles. The normalized spacial score (nSPS) is 31.7. The average molecular weight is 332 g/mol. The third kappa shape index (κ3) is 2.97. The summed E-state index contributed by atoms with van der Waals surface area (Å²) in [5.41, 5.74) is 0. The Kier molecular flexibility index (Phi) is 5.66. The van der Waals surface area contributed by atoms with Gasteiger partial charge in [0.1, 0.15) is 0 Å². The van der Waals surface area contributed by atoms with Gasteiger partial charge in [-0.15, -0.1) is 23.7 Å². The number of hydrogen-bond acceptors (Lipinski definition) is 5. The van der Waals surface area contributed by atoms with E-state index in [2.05, 4.69) is 16.3 Å². The minimum absolute atomic E-state index is 0. The fraction of sp³-hybridized carbons (Fsp3) is 0.667. The Hall–Kier alpha value is -0.620. The van der Waals surface area contributed by atoms with Gasteiger partial charge in [-0.1, -0.05) is 6.07 Å². The van der Waals surface area contributed by atoms with E-state index < -0.39 is 0 Å². The first-order chi connectivity index (χ1) is 9.76. The number of ether oxygens (including phenoxy) is 1. The standard InChI is InChI=1S/C15H21NO3S.ClH/c1-19-15(18)11-9-10-4-5-12(16(10)6-7-17)14(11)13-3-2-8-20-13;/h2-3,8,10-12,14,17H,4-7,9H2,1H3;1H/t10-,11+,12-,14+;/m1./s1. The zero-order valence-electron chi connectivity index (χ0n) is 12.1. The van der Waals surface area contributed by atoms with Crippen molar-refractivity contribution >= 4 is 29.7 Å². The number of aliphatic hydroxyl groups excluding tert-OH is 1. The number of carbonyl (C=O) groups excluding carboxylic acids is 1. The van der Waals surface area contributed by atoms with E-state index in [9.17, 15) is 9.90 Å². The number of methoxy groups -OCH3 is 1. The first-order valence-electron chi connectivity index (χ1n) is 7.24. The van der Waals surface area contributed by atoms with Gasteiger partial charge < -0.3 is 9.84 Å². The Morgan fingerprint density at radius 1 is 1.52 bits per heavy atom. The lowest BCUT2D eigenvalue weighted by atomic mass is 9.79. The number of aliphatic hydroxyl groups is 1. The molecule has 0 radical (unpaired) electrons. The molecule has 0 unspecified atom stereocenters. The van der Waals surface area contributed by atoms with Crippen molar-refractivity contribution in [1.82, 2.24) is 4.90 Å². The van der Waals surface area contributed by atoms with Crippen molar-refractivity contribution < 1.29 is 14.6 Å². The molecule has 2 saturated heterocycles. The molecule has 1 aromatic heterocycles.